The first kappa shape index (κ1) is 37.6. The Morgan fingerprint density at radius 1 is 0.820 bits per heavy atom. The number of sulfonamides is 1. The smallest absolute Gasteiger partial charge is 0.406 e. The van der Waals surface area contributed by atoms with Gasteiger partial charge in [0.25, 0.3) is 20.1 Å². The maximum Gasteiger partial charge on any atom is 0.573 e. The molecule has 0 spiro atoms. The van der Waals surface area contributed by atoms with Crippen molar-refractivity contribution in [1.82, 2.24) is 19.8 Å². The standard InChI is InChI=1S/C27H25F3N4O4S.C7H8O3S/c1-18-25(21-6-4-3-5-7-21)19(2)34(32-18)22-10-8-20(9-11-22)16-17-31-26(35)33-39(36,37)24-14-12-23(13-15-24)38-27(28,29)30;1-6-2-4-7(5-3-6)11(8,9)10/h3-15H,16-17H2,1-2H3,(H2,31,33,35);2-5H,1H3,(H,8,9,10). The molecule has 50 heavy (non-hydrogen) atoms. The Morgan fingerprint density at radius 2 is 1.40 bits per heavy atom. The van der Waals surface area contributed by atoms with Crippen molar-refractivity contribution >= 4 is 26.2 Å². The number of nitrogens with one attached hydrogen (secondary N) is 2. The largest absolute Gasteiger partial charge is 0.573 e. The van der Waals surface area contributed by atoms with Crippen LogP contribution in [0.3, 0.4) is 0 Å². The minimum Gasteiger partial charge on any atom is -0.406 e. The van der Waals surface area contributed by atoms with E-state index in [-0.39, 0.29) is 16.3 Å². The number of carbonyl (C=O) groups excluding carboxylic acids is 1. The van der Waals surface area contributed by atoms with Gasteiger partial charge in [-0.25, -0.2) is 22.6 Å². The number of benzene rings is 4. The molecular weight excluding hydrogens is 698 g/mol. The number of nitrogens with zero attached hydrogens (tertiary/aromatic N) is 2. The van der Waals surface area contributed by atoms with Gasteiger partial charge in [0.2, 0.25) is 0 Å². The van der Waals surface area contributed by atoms with Crippen molar-refractivity contribution < 1.29 is 44.1 Å². The first-order valence-corrected chi connectivity index (χ1v) is 17.8. The zero-order valence-corrected chi connectivity index (χ0v) is 28.6. The van der Waals surface area contributed by atoms with Crippen molar-refractivity contribution in [3.8, 4) is 22.6 Å². The predicted octanol–water partition coefficient (Wildman–Crippen LogP) is 6.53. The summed E-state index contributed by atoms with van der Waals surface area (Å²) in [7, 11) is -8.31. The zero-order chi connectivity index (χ0) is 36.7. The first-order valence-electron chi connectivity index (χ1n) is 14.8. The molecule has 264 valence electrons. The number of halogens is 3. The number of carbonyl (C=O) groups is 1. The number of alkyl halides is 3. The summed E-state index contributed by atoms with van der Waals surface area (Å²) in [6, 6.07) is 26.2. The van der Waals surface area contributed by atoms with Crippen LogP contribution in [0.4, 0.5) is 18.0 Å². The van der Waals surface area contributed by atoms with Crippen molar-refractivity contribution in [3.05, 3.63) is 126 Å². The van der Waals surface area contributed by atoms with Crippen LogP contribution in [0.1, 0.15) is 22.5 Å². The molecule has 3 N–H and O–H groups in total. The van der Waals surface area contributed by atoms with E-state index in [1.807, 2.05) is 84.8 Å². The van der Waals surface area contributed by atoms with Crippen LogP contribution in [-0.2, 0) is 26.6 Å². The zero-order valence-electron chi connectivity index (χ0n) is 27.0. The monoisotopic (exact) mass is 730 g/mol. The van der Waals surface area contributed by atoms with E-state index in [1.165, 1.54) is 12.1 Å². The van der Waals surface area contributed by atoms with Gasteiger partial charge < -0.3 is 10.1 Å². The number of aromatic nitrogens is 2. The van der Waals surface area contributed by atoms with E-state index in [0.29, 0.717) is 6.42 Å². The fourth-order valence-electron chi connectivity index (χ4n) is 4.79. The third kappa shape index (κ3) is 10.4. The average molecular weight is 731 g/mol. The quantitative estimate of drug-likeness (QED) is 0.145. The summed E-state index contributed by atoms with van der Waals surface area (Å²) in [6.45, 7) is 5.97. The molecule has 4 aromatic carbocycles. The molecule has 0 radical (unpaired) electrons. The molecule has 0 fully saturated rings. The van der Waals surface area contributed by atoms with Gasteiger partial charge in [0.05, 0.1) is 21.2 Å². The molecule has 0 saturated heterocycles. The summed E-state index contributed by atoms with van der Waals surface area (Å²) in [5, 5.41) is 7.15. The first-order chi connectivity index (χ1) is 23.4. The van der Waals surface area contributed by atoms with Crippen molar-refractivity contribution in [1.29, 1.82) is 0 Å². The molecule has 0 saturated carbocycles. The van der Waals surface area contributed by atoms with E-state index in [9.17, 15) is 34.8 Å². The molecule has 16 heteroatoms. The Labute approximate surface area is 287 Å². The van der Waals surface area contributed by atoms with Gasteiger partial charge in [0.15, 0.2) is 0 Å². The lowest BCUT2D eigenvalue weighted by molar-refractivity contribution is -0.274. The Bertz CT molecular complexity index is 2140. The van der Waals surface area contributed by atoms with Crippen molar-refractivity contribution in [2.24, 2.45) is 0 Å². The van der Waals surface area contributed by atoms with Crippen LogP contribution in [0.25, 0.3) is 16.8 Å². The number of ether oxygens (including phenoxy) is 1. The van der Waals surface area contributed by atoms with E-state index in [0.717, 1.165) is 63.6 Å². The van der Waals surface area contributed by atoms with Gasteiger partial charge in [0, 0.05) is 17.8 Å². The molecule has 0 aliphatic rings. The van der Waals surface area contributed by atoms with Gasteiger partial charge in [-0.15, -0.1) is 13.2 Å². The summed E-state index contributed by atoms with van der Waals surface area (Å²) in [4.78, 5) is 11.7. The number of hydrogen-bond acceptors (Lipinski definition) is 7. The molecule has 0 aliphatic heterocycles. The highest BCUT2D eigenvalue weighted by Gasteiger charge is 2.31. The van der Waals surface area contributed by atoms with Crippen LogP contribution in [0.5, 0.6) is 5.75 Å². The molecular formula is C34H33F3N4O7S2. The van der Waals surface area contributed by atoms with E-state index in [1.54, 1.807) is 12.1 Å². The van der Waals surface area contributed by atoms with Gasteiger partial charge in [-0.3, -0.25) is 4.55 Å². The van der Waals surface area contributed by atoms with Crippen LogP contribution < -0.4 is 14.8 Å². The van der Waals surface area contributed by atoms with Gasteiger partial charge in [-0.2, -0.15) is 13.5 Å². The molecule has 0 unspecified atom stereocenters. The van der Waals surface area contributed by atoms with E-state index < -0.39 is 38.3 Å². The fourth-order valence-corrected chi connectivity index (χ4v) is 6.20. The van der Waals surface area contributed by atoms with E-state index in [4.69, 9.17) is 4.55 Å². The van der Waals surface area contributed by atoms with E-state index in [2.05, 4.69) is 15.2 Å². The fraction of sp³-hybridized carbons (Fsp3) is 0.176. The lowest BCUT2D eigenvalue weighted by Gasteiger charge is -2.11. The Balaban J connectivity index is 0.000000435. The Hall–Kier alpha value is -5.19. The second kappa shape index (κ2) is 15.6. The van der Waals surface area contributed by atoms with Crippen molar-refractivity contribution in [3.63, 3.8) is 0 Å². The second-order valence-corrected chi connectivity index (χ2v) is 14.0. The highest BCUT2D eigenvalue weighted by Crippen LogP contribution is 2.28. The molecule has 5 rings (SSSR count). The van der Waals surface area contributed by atoms with Gasteiger partial charge >= 0.3 is 12.4 Å². The van der Waals surface area contributed by atoms with Crippen LogP contribution in [0.2, 0.25) is 0 Å². The third-order valence-electron chi connectivity index (χ3n) is 7.15. The summed E-state index contributed by atoms with van der Waals surface area (Å²) in [5.41, 5.74) is 6.84. The van der Waals surface area contributed by atoms with Crippen LogP contribution in [0.15, 0.2) is 113 Å². The lowest BCUT2D eigenvalue weighted by atomic mass is 10.0. The number of aryl methyl sites for hydroxylation is 2. The molecule has 5 aromatic rings. The molecule has 0 bridgehead atoms. The molecule has 1 heterocycles. The van der Waals surface area contributed by atoms with Crippen LogP contribution in [-0.4, -0.2) is 50.1 Å². The minimum absolute atomic E-state index is 0.0666. The predicted molar refractivity (Wildman–Crippen MR) is 180 cm³/mol. The van der Waals surface area contributed by atoms with Gasteiger partial charge in [0.1, 0.15) is 5.75 Å². The maximum absolute atomic E-state index is 12.3. The Morgan fingerprint density at radius 3 is 1.96 bits per heavy atom. The number of amides is 2. The van der Waals surface area contributed by atoms with Crippen LogP contribution >= 0.6 is 0 Å². The molecule has 1 aromatic heterocycles. The van der Waals surface area contributed by atoms with Crippen molar-refractivity contribution in [2.75, 3.05) is 6.54 Å². The molecule has 2 amide bonds. The number of urea groups is 1. The number of hydrogen-bond donors (Lipinski definition) is 3. The highest BCUT2D eigenvalue weighted by molar-refractivity contribution is 7.90. The summed E-state index contributed by atoms with van der Waals surface area (Å²) < 4.78 is 98.5. The second-order valence-electron chi connectivity index (χ2n) is 10.9. The molecule has 0 aliphatic carbocycles. The average Bonchev–Trinajstić information content (AvgIpc) is 3.34. The van der Waals surface area contributed by atoms with E-state index >= 15 is 0 Å². The Kier molecular flexibility index (Phi) is 11.7. The van der Waals surface area contributed by atoms with Gasteiger partial charge in [-0.05, 0) is 86.8 Å². The molecule has 0 atom stereocenters. The maximum atomic E-state index is 12.3. The minimum atomic E-state index is -4.90. The van der Waals surface area contributed by atoms with Crippen molar-refractivity contribution in [2.45, 2.75) is 43.3 Å². The topological polar surface area (TPSA) is 157 Å². The van der Waals surface area contributed by atoms with Gasteiger partial charge in [-0.1, -0.05) is 60.2 Å². The normalized spacial score (nSPS) is 11.7. The third-order valence-corrected chi connectivity index (χ3v) is 9.36. The SMILES string of the molecule is Cc1ccc(S(=O)(=O)O)cc1.Cc1nn(-c2ccc(CCNC(=O)NS(=O)(=O)c3ccc(OC(F)(F)F)cc3)cc2)c(C)c1-c1ccccc1. The molecule has 11 nitrogen and oxygen atoms in total. The summed E-state index contributed by atoms with van der Waals surface area (Å²) in [6.07, 6.45) is -4.47. The summed E-state index contributed by atoms with van der Waals surface area (Å²) in [5.74, 6) is -0.577. The van der Waals surface area contributed by atoms with Crippen LogP contribution in [0, 0.1) is 20.8 Å². The highest BCUT2D eigenvalue weighted by atomic mass is 32.2. The summed E-state index contributed by atoms with van der Waals surface area (Å²) >= 11 is 0. The lowest BCUT2D eigenvalue weighted by Crippen LogP contribution is -2.40. The number of rotatable bonds is 9.